The molecule has 0 saturated carbocycles. The highest BCUT2D eigenvalue weighted by molar-refractivity contribution is 5.66. The van der Waals surface area contributed by atoms with Gasteiger partial charge in [-0.25, -0.2) is 0 Å². The third-order valence-electron chi connectivity index (χ3n) is 3.67. The first-order chi connectivity index (χ1) is 10.2. The van der Waals surface area contributed by atoms with Gasteiger partial charge in [-0.05, 0) is 18.1 Å². The van der Waals surface area contributed by atoms with E-state index in [2.05, 4.69) is 36.1 Å². The van der Waals surface area contributed by atoms with E-state index in [0.29, 0.717) is 6.54 Å². The molecule has 2 aromatic rings. The number of carbonyl (C=O) groups is 1. The summed E-state index contributed by atoms with van der Waals surface area (Å²) in [7, 11) is 0. The molecule has 2 rings (SSSR count). The molecule has 0 aliphatic rings. The number of nitrogens with zero attached hydrogens (tertiary/aromatic N) is 1. The predicted octanol–water partition coefficient (Wildman–Crippen LogP) is 3.72. The van der Waals surface area contributed by atoms with Crippen molar-refractivity contribution >= 4 is 5.97 Å². The van der Waals surface area contributed by atoms with Crippen LogP contribution in [0.1, 0.15) is 30.5 Å². The SMILES string of the molecule is C[C@H](c1ccccc1)N(CCC(=O)O)Cc1ccccc1. The summed E-state index contributed by atoms with van der Waals surface area (Å²) >= 11 is 0. The maximum atomic E-state index is 10.9. The van der Waals surface area contributed by atoms with E-state index in [0.717, 1.165) is 6.54 Å². The second-order valence-corrected chi connectivity index (χ2v) is 5.19. The lowest BCUT2D eigenvalue weighted by atomic mass is 10.1. The fourth-order valence-electron chi connectivity index (χ4n) is 2.41. The first-order valence-corrected chi connectivity index (χ1v) is 7.21. The van der Waals surface area contributed by atoms with E-state index in [4.69, 9.17) is 5.11 Å². The minimum Gasteiger partial charge on any atom is -0.481 e. The van der Waals surface area contributed by atoms with E-state index in [1.54, 1.807) is 0 Å². The fourth-order valence-corrected chi connectivity index (χ4v) is 2.41. The van der Waals surface area contributed by atoms with Crippen molar-refractivity contribution in [1.82, 2.24) is 4.90 Å². The molecule has 3 heteroatoms. The van der Waals surface area contributed by atoms with Crippen LogP contribution >= 0.6 is 0 Å². The lowest BCUT2D eigenvalue weighted by Gasteiger charge is -2.29. The average molecular weight is 283 g/mol. The third-order valence-corrected chi connectivity index (χ3v) is 3.67. The van der Waals surface area contributed by atoms with Gasteiger partial charge < -0.3 is 5.11 Å². The normalized spacial score (nSPS) is 12.3. The average Bonchev–Trinajstić information content (AvgIpc) is 2.52. The molecule has 0 aliphatic heterocycles. The van der Waals surface area contributed by atoms with Gasteiger partial charge in [-0.3, -0.25) is 9.69 Å². The number of aliphatic carboxylic acids is 1. The highest BCUT2D eigenvalue weighted by Gasteiger charge is 2.16. The molecule has 21 heavy (non-hydrogen) atoms. The van der Waals surface area contributed by atoms with Gasteiger partial charge in [-0.15, -0.1) is 0 Å². The number of carboxylic acids is 1. The zero-order chi connectivity index (χ0) is 15.1. The summed E-state index contributed by atoms with van der Waals surface area (Å²) in [4.78, 5) is 13.1. The zero-order valence-corrected chi connectivity index (χ0v) is 12.3. The van der Waals surface area contributed by atoms with Crippen LogP contribution in [0.25, 0.3) is 0 Å². The summed E-state index contributed by atoms with van der Waals surface area (Å²) in [5.74, 6) is -0.756. The van der Waals surface area contributed by atoms with Gasteiger partial charge in [0.15, 0.2) is 0 Å². The van der Waals surface area contributed by atoms with Gasteiger partial charge in [0.1, 0.15) is 0 Å². The van der Waals surface area contributed by atoms with Gasteiger partial charge >= 0.3 is 5.97 Å². The van der Waals surface area contributed by atoms with Crippen molar-refractivity contribution in [2.24, 2.45) is 0 Å². The maximum Gasteiger partial charge on any atom is 0.304 e. The van der Waals surface area contributed by atoms with E-state index in [1.165, 1.54) is 11.1 Å². The molecular formula is C18H21NO2. The van der Waals surface area contributed by atoms with E-state index in [1.807, 2.05) is 36.4 Å². The number of benzene rings is 2. The quantitative estimate of drug-likeness (QED) is 0.842. The Labute approximate surface area is 125 Å². The topological polar surface area (TPSA) is 40.5 Å². The zero-order valence-electron chi connectivity index (χ0n) is 12.3. The van der Waals surface area contributed by atoms with Crippen LogP contribution in [0.4, 0.5) is 0 Å². The van der Waals surface area contributed by atoms with Crippen molar-refractivity contribution in [3.8, 4) is 0 Å². The molecule has 0 aliphatic carbocycles. The Bertz CT molecular complexity index is 554. The molecule has 1 atom stereocenters. The maximum absolute atomic E-state index is 10.9. The molecule has 0 radical (unpaired) electrons. The van der Waals surface area contributed by atoms with Crippen molar-refractivity contribution in [1.29, 1.82) is 0 Å². The Morgan fingerprint density at radius 3 is 2.19 bits per heavy atom. The van der Waals surface area contributed by atoms with Crippen molar-refractivity contribution in [3.05, 3.63) is 71.8 Å². The van der Waals surface area contributed by atoms with Gasteiger partial charge in [0.2, 0.25) is 0 Å². The molecule has 3 nitrogen and oxygen atoms in total. The molecule has 0 fully saturated rings. The minimum atomic E-state index is -0.756. The second-order valence-electron chi connectivity index (χ2n) is 5.19. The molecule has 1 N–H and O–H groups in total. The van der Waals surface area contributed by atoms with Gasteiger partial charge in [-0.1, -0.05) is 60.7 Å². The molecule has 2 aromatic carbocycles. The van der Waals surface area contributed by atoms with Crippen LogP contribution in [-0.2, 0) is 11.3 Å². The standard InChI is InChI=1S/C18H21NO2/c1-15(17-10-6-3-7-11-17)19(13-12-18(20)21)14-16-8-4-2-5-9-16/h2-11,15H,12-14H2,1H3,(H,20,21)/t15-/m1/s1. The van der Waals surface area contributed by atoms with Gasteiger partial charge in [0.25, 0.3) is 0 Å². The Balaban J connectivity index is 2.13. The highest BCUT2D eigenvalue weighted by atomic mass is 16.4. The summed E-state index contributed by atoms with van der Waals surface area (Å²) in [5, 5.41) is 8.95. The van der Waals surface area contributed by atoms with Crippen molar-refractivity contribution in [3.63, 3.8) is 0 Å². The van der Waals surface area contributed by atoms with E-state index in [9.17, 15) is 4.79 Å². The van der Waals surface area contributed by atoms with Crippen LogP contribution in [0.5, 0.6) is 0 Å². The Hall–Kier alpha value is -2.13. The number of rotatable bonds is 7. The van der Waals surface area contributed by atoms with E-state index < -0.39 is 5.97 Å². The summed E-state index contributed by atoms with van der Waals surface area (Å²) in [5.41, 5.74) is 2.41. The van der Waals surface area contributed by atoms with Crippen LogP contribution in [-0.4, -0.2) is 22.5 Å². The van der Waals surface area contributed by atoms with Crippen LogP contribution in [0.15, 0.2) is 60.7 Å². The number of carboxylic acid groups (broad SMARTS) is 1. The van der Waals surface area contributed by atoms with Crippen LogP contribution in [0, 0.1) is 0 Å². The molecule has 0 aromatic heterocycles. The number of hydrogen-bond donors (Lipinski definition) is 1. The Kier molecular flexibility index (Phi) is 5.52. The molecule has 0 amide bonds. The smallest absolute Gasteiger partial charge is 0.304 e. The van der Waals surface area contributed by atoms with Gasteiger partial charge in [0, 0.05) is 19.1 Å². The fraction of sp³-hybridized carbons (Fsp3) is 0.278. The molecule has 0 unspecified atom stereocenters. The van der Waals surface area contributed by atoms with Crippen LogP contribution in [0.2, 0.25) is 0 Å². The number of hydrogen-bond acceptors (Lipinski definition) is 2. The third kappa shape index (κ3) is 4.72. The predicted molar refractivity (Wildman–Crippen MR) is 84.0 cm³/mol. The van der Waals surface area contributed by atoms with E-state index in [-0.39, 0.29) is 12.5 Å². The Morgan fingerprint density at radius 2 is 1.62 bits per heavy atom. The van der Waals surface area contributed by atoms with Crippen LogP contribution in [0.3, 0.4) is 0 Å². The molecule has 110 valence electrons. The van der Waals surface area contributed by atoms with Crippen molar-refractivity contribution < 1.29 is 9.90 Å². The van der Waals surface area contributed by atoms with Crippen molar-refractivity contribution in [2.75, 3.05) is 6.54 Å². The van der Waals surface area contributed by atoms with E-state index >= 15 is 0 Å². The molecular weight excluding hydrogens is 262 g/mol. The highest BCUT2D eigenvalue weighted by Crippen LogP contribution is 2.22. The minimum absolute atomic E-state index is 0.157. The Morgan fingerprint density at radius 1 is 1.05 bits per heavy atom. The first-order valence-electron chi connectivity index (χ1n) is 7.21. The largest absolute Gasteiger partial charge is 0.481 e. The second kappa shape index (κ2) is 7.60. The van der Waals surface area contributed by atoms with Crippen molar-refractivity contribution in [2.45, 2.75) is 25.9 Å². The summed E-state index contributed by atoms with van der Waals surface area (Å²) in [6, 6.07) is 20.6. The lowest BCUT2D eigenvalue weighted by Crippen LogP contribution is -2.29. The first kappa shape index (κ1) is 15.3. The summed E-state index contributed by atoms with van der Waals surface area (Å²) < 4.78 is 0. The summed E-state index contributed by atoms with van der Waals surface area (Å²) in [6.45, 7) is 3.42. The van der Waals surface area contributed by atoms with Gasteiger partial charge in [-0.2, -0.15) is 0 Å². The summed E-state index contributed by atoms with van der Waals surface area (Å²) in [6.07, 6.45) is 0.157. The lowest BCUT2D eigenvalue weighted by molar-refractivity contribution is -0.137. The van der Waals surface area contributed by atoms with Gasteiger partial charge in [0.05, 0.1) is 6.42 Å². The monoisotopic (exact) mass is 283 g/mol. The van der Waals surface area contributed by atoms with Crippen LogP contribution < -0.4 is 0 Å². The molecule has 0 spiro atoms. The molecule has 0 heterocycles. The molecule has 0 saturated heterocycles. The molecule has 0 bridgehead atoms.